The predicted octanol–water partition coefficient (Wildman–Crippen LogP) is 3.07. The molecule has 0 spiro atoms. The summed E-state index contributed by atoms with van der Waals surface area (Å²) in [5.74, 6) is -0.437. The van der Waals surface area contributed by atoms with Crippen molar-refractivity contribution in [2.24, 2.45) is 0 Å². The van der Waals surface area contributed by atoms with Gasteiger partial charge in [0.2, 0.25) is 0 Å². The first-order valence-electron chi connectivity index (χ1n) is 6.87. The molecule has 4 heteroatoms. The highest BCUT2D eigenvalue weighted by molar-refractivity contribution is 6.30. The van der Waals surface area contributed by atoms with Crippen LogP contribution in [0, 0.1) is 0 Å². The van der Waals surface area contributed by atoms with Crippen LogP contribution in [0.1, 0.15) is 37.4 Å². The molecular formula is C15H20ClNO2. The van der Waals surface area contributed by atoms with Gasteiger partial charge in [-0.05, 0) is 49.9 Å². The SMILES string of the molecule is CC1(C)OCC(CNC2CCc3cc(Cl)ccc32)O1. The summed E-state index contributed by atoms with van der Waals surface area (Å²) in [5, 5.41) is 4.42. The van der Waals surface area contributed by atoms with Crippen molar-refractivity contribution in [1.29, 1.82) is 0 Å². The van der Waals surface area contributed by atoms with Crippen molar-refractivity contribution in [3.05, 3.63) is 34.3 Å². The lowest BCUT2D eigenvalue weighted by molar-refractivity contribution is -0.137. The summed E-state index contributed by atoms with van der Waals surface area (Å²) in [4.78, 5) is 0. The smallest absolute Gasteiger partial charge is 0.163 e. The number of benzene rings is 1. The maximum absolute atomic E-state index is 6.03. The van der Waals surface area contributed by atoms with Gasteiger partial charge in [-0.2, -0.15) is 0 Å². The fraction of sp³-hybridized carbons (Fsp3) is 0.600. The van der Waals surface area contributed by atoms with Gasteiger partial charge in [0.25, 0.3) is 0 Å². The second kappa shape index (κ2) is 5.06. The van der Waals surface area contributed by atoms with Crippen molar-refractivity contribution in [2.75, 3.05) is 13.2 Å². The minimum Gasteiger partial charge on any atom is -0.348 e. The Morgan fingerprint density at radius 1 is 1.42 bits per heavy atom. The van der Waals surface area contributed by atoms with E-state index in [1.54, 1.807) is 0 Å². The first-order valence-corrected chi connectivity index (χ1v) is 7.25. The van der Waals surface area contributed by atoms with Gasteiger partial charge in [-0.25, -0.2) is 0 Å². The number of halogens is 1. The molecule has 0 aromatic heterocycles. The van der Waals surface area contributed by atoms with Gasteiger partial charge in [-0.3, -0.25) is 0 Å². The van der Waals surface area contributed by atoms with Crippen LogP contribution in [-0.2, 0) is 15.9 Å². The number of ether oxygens (including phenoxy) is 2. The van der Waals surface area contributed by atoms with Gasteiger partial charge in [-0.15, -0.1) is 0 Å². The summed E-state index contributed by atoms with van der Waals surface area (Å²) in [6.07, 6.45) is 2.37. The van der Waals surface area contributed by atoms with Crippen LogP contribution in [0.4, 0.5) is 0 Å². The molecule has 1 heterocycles. The summed E-state index contributed by atoms with van der Waals surface area (Å²) in [7, 11) is 0. The third-order valence-electron chi connectivity index (χ3n) is 3.84. The average Bonchev–Trinajstić information content (AvgIpc) is 2.89. The molecule has 0 amide bonds. The highest BCUT2D eigenvalue weighted by Crippen LogP contribution is 2.33. The summed E-state index contributed by atoms with van der Waals surface area (Å²) >= 11 is 6.03. The van der Waals surface area contributed by atoms with Crippen LogP contribution in [0.2, 0.25) is 5.02 Å². The number of aryl methyl sites for hydroxylation is 1. The van der Waals surface area contributed by atoms with E-state index < -0.39 is 5.79 Å². The Morgan fingerprint density at radius 3 is 3.00 bits per heavy atom. The number of hydrogen-bond donors (Lipinski definition) is 1. The quantitative estimate of drug-likeness (QED) is 0.924. The van der Waals surface area contributed by atoms with Gasteiger partial charge in [0.05, 0.1) is 12.7 Å². The third-order valence-corrected chi connectivity index (χ3v) is 4.08. The molecule has 1 aliphatic heterocycles. The molecule has 0 radical (unpaired) electrons. The van der Waals surface area contributed by atoms with E-state index in [0.29, 0.717) is 12.6 Å². The molecule has 1 aliphatic carbocycles. The molecule has 1 fully saturated rings. The molecule has 104 valence electrons. The lowest BCUT2D eigenvalue weighted by Gasteiger charge is -2.19. The van der Waals surface area contributed by atoms with Gasteiger partial charge in [0.1, 0.15) is 0 Å². The lowest BCUT2D eigenvalue weighted by Crippen LogP contribution is -2.32. The number of rotatable bonds is 3. The van der Waals surface area contributed by atoms with E-state index in [-0.39, 0.29) is 6.10 Å². The molecule has 0 saturated carbocycles. The molecule has 2 aliphatic rings. The molecule has 1 aromatic rings. The zero-order chi connectivity index (χ0) is 13.5. The Hall–Kier alpha value is -0.610. The molecule has 1 saturated heterocycles. The fourth-order valence-corrected chi connectivity index (χ4v) is 3.13. The zero-order valence-corrected chi connectivity index (χ0v) is 12.2. The van der Waals surface area contributed by atoms with Crippen LogP contribution in [-0.4, -0.2) is 25.0 Å². The Balaban J connectivity index is 1.58. The van der Waals surface area contributed by atoms with Crippen LogP contribution >= 0.6 is 11.6 Å². The van der Waals surface area contributed by atoms with Crippen LogP contribution in [0.25, 0.3) is 0 Å². The lowest BCUT2D eigenvalue weighted by atomic mass is 10.1. The fourth-order valence-electron chi connectivity index (χ4n) is 2.94. The second-order valence-electron chi connectivity index (χ2n) is 5.79. The topological polar surface area (TPSA) is 30.5 Å². The molecule has 2 unspecified atom stereocenters. The molecule has 19 heavy (non-hydrogen) atoms. The number of fused-ring (bicyclic) bond motifs is 1. The molecule has 3 rings (SSSR count). The number of nitrogens with one attached hydrogen (secondary N) is 1. The Labute approximate surface area is 119 Å². The van der Waals surface area contributed by atoms with Crippen molar-refractivity contribution < 1.29 is 9.47 Å². The van der Waals surface area contributed by atoms with E-state index in [1.165, 1.54) is 11.1 Å². The maximum Gasteiger partial charge on any atom is 0.163 e. The van der Waals surface area contributed by atoms with E-state index >= 15 is 0 Å². The largest absolute Gasteiger partial charge is 0.348 e. The van der Waals surface area contributed by atoms with Crippen molar-refractivity contribution in [3.8, 4) is 0 Å². The first kappa shape index (κ1) is 13.4. The molecule has 1 N–H and O–H groups in total. The van der Waals surface area contributed by atoms with Gasteiger partial charge in [-0.1, -0.05) is 17.7 Å². The Bertz CT molecular complexity index is 475. The van der Waals surface area contributed by atoms with Gasteiger partial charge in [0, 0.05) is 17.6 Å². The van der Waals surface area contributed by atoms with Crippen LogP contribution in [0.5, 0.6) is 0 Å². The van der Waals surface area contributed by atoms with Gasteiger partial charge < -0.3 is 14.8 Å². The second-order valence-corrected chi connectivity index (χ2v) is 6.23. The van der Waals surface area contributed by atoms with Crippen molar-refractivity contribution >= 4 is 11.6 Å². The normalized spacial score (nSPS) is 28.6. The number of hydrogen-bond acceptors (Lipinski definition) is 3. The van der Waals surface area contributed by atoms with E-state index in [9.17, 15) is 0 Å². The van der Waals surface area contributed by atoms with Crippen LogP contribution in [0.15, 0.2) is 18.2 Å². The van der Waals surface area contributed by atoms with E-state index in [1.807, 2.05) is 19.9 Å². The van der Waals surface area contributed by atoms with Gasteiger partial charge >= 0.3 is 0 Å². The Morgan fingerprint density at radius 2 is 2.26 bits per heavy atom. The standard InChI is InChI=1S/C15H20ClNO2/c1-15(2)18-9-12(19-15)8-17-14-6-3-10-7-11(16)4-5-13(10)14/h4-5,7,12,14,17H,3,6,8-9H2,1-2H3. The van der Waals surface area contributed by atoms with Crippen molar-refractivity contribution in [1.82, 2.24) is 5.32 Å². The molecule has 2 atom stereocenters. The summed E-state index contributed by atoms with van der Waals surface area (Å²) in [5.41, 5.74) is 2.75. The summed E-state index contributed by atoms with van der Waals surface area (Å²) in [6, 6.07) is 6.60. The minimum absolute atomic E-state index is 0.145. The predicted molar refractivity (Wildman–Crippen MR) is 75.4 cm³/mol. The van der Waals surface area contributed by atoms with Crippen molar-refractivity contribution in [2.45, 2.75) is 44.6 Å². The maximum atomic E-state index is 6.03. The Kier molecular flexibility index (Phi) is 3.56. The average molecular weight is 282 g/mol. The summed E-state index contributed by atoms with van der Waals surface area (Å²) < 4.78 is 11.4. The highest BCUT2D eigenvalue weighted by Gasteiger charge is 2.33. The van der Waals surface area contributed by atoms with Gasteiger partial charge in [0.15, 0.2) is 5.79 Å². The zero-order valence-electron chi connectivity index (χ0n) is 11.4. The molecule has 3 nitrogen and oxygen atoms in total. The van der Waals surface area contributed by atoms with Crippen LogP contribution < -0.4 is 5.32 Å². The third kappa shape index (κ3) is 2.95. The molecular weight excluding hydrogens is 262 g/mol. The molecule has 1 aromatic carbocycles. The minimum atomic E-state index is -0.437. The monoisotopic (exact) mass is 281 g/mol. The molecule has 0 bridgehead atoms. The highest BCUT2D eigenvalue weighted by atomic mass is 35.5. The van der Waals surface area contributed by atoms with E-state index in [2.05, 4.69) is 17.4 Å². The first-order chi connectivity index (χ1) is 9.03. The van der Waals surface area contributed by atoms with Crippen molar-refractivity contribution in [3.63, 3.8) is 0 Å². The van der Waals surface area contributed by atoms with E-state index in [4.69, 9.17) is 21.1 Å². The van der Waals surface area contributed by atoms with Crippen LogP contribution in [0.3, 0.4) is 0 Å². The van der Waals surface area contributed by atoms with E-state index in [0.717, 1.165) is 24.4 Å². The summed E-state index contributed by atoms with van der Waals surface area (Å²) in [6.45, 7) is 5.41.